The Balaban J connectivity index is 0. The molecule has 6 nitrogen and oxygen atoms in total. The third kappa shape index (κ3) is 7.20. The van der Waals surface area contributed by atoms with Crippen molar-refractivity contribution in [3.63, 3.8) is 0 Å². The van der Waals surface area contributed by atoms with Crippen LogP contribution in [0, 0.1) is 5.92 Å². The van der Waals surface area contributed by atoms with Crippen molar-refractivity contribution >= 4 is 17.8 Å². The van der Waals surface area contributed by atoms with Gasteiger partial charge >= 0.3 is 59.1 Å². The number of nitrogens with two attached hydrogens (primary N) is 1. The zero-order valence-electron chi connectivity index (χ0n) is 13.7. The van der Waals surface area contributed by atoms with E-state index < -0.39 is 23.8 Å². The summed E-state index contributed by atoms with van der Waals surface area (Å²) < 4.78 is 0. The minimum absolute atomic E-state index is 0. The van der Waals surface area contributed by atoms with Gasteiger partial charge in [0, 0.05) is 5.56 Å². The predicted octanol–water partition coefficient (Wildman–Crippen LogP) is -7.21. The topological polar surface area (TPSA) is 123 Å². The molecule has 0 saturated carbocycles. The number of carbonyl (C=O) groups excluding carboxylic acids is 3. The fourth-order valence-electron chi connectivity index (χ4n) is 1.98. The molecule has 1 aromatic rings. The molecule has 8 heteroatoms. The van der Waals surface area contributed by atoms with Gasteiger partial charge in [-0.2, -0.15) is 0 Å². The maximum Gasteiger partial charge on any atom is 1.00 e. The number of carboxylic acid groups (broad SMARTS) is 2. The van der Waals surface area contributed by atoms with Crippen LogP contribution in [-0.2, 0) is 16.0 Å². The molecule has 2 N–H and O–H groups in total. The van der Waals surface area contributed by atoms with Crippen molar-refractivity contribution in [2.45, 2.75) is 20.3 Å². The normalized spacial score (nSPS) is 10.9. The summed E-state index contributed by atoms with van der Waals surface area (Å²) in [5, 5.41) is 22.3. The Morgan fingerprint density at radius 1 is 1.00 bits per heavy atom. The van der Waals surface area contributed by atoms with Gasteiger partial charge in [0.05, 0.1) is 11.9 Å². The quantitative estimate of drug-likeness (QED) is 0.409. The molecule has 0 fully saturated rings. The Bertz CT molecular complexity index is 609. The minimum atomic E-state index is -1.55. The average molecular weight is 335 g/mol. The first kappa shape index (κ1) is 24.6. The van der Waals surface area contributed by atoms with Crippen LogP contribution in [0.25, 0.3) is 0 Å². The number of hydrogen-bond donors (Lipinski definition) is 1. The molecule has 0 aliphatic heterocycles. The number of hydrogen-bond acceptors (Lipinski definition) is 5. The number of amides is 1. The zero-order valence-corrected chi connectivity index (χ0v) is 17.7. The fourth-order valence-corrected chi connectivity index (χ4v) is 1.98. The van der Waals surface area contributed by atoms with Crippen molar-refractivity contribution < 1.29 is 83.7 Å². The summed E-state index contributed by atoms with van der Waals surface area (Å²) in [5.41, 5.74) is 5.27. The third-order valence-corrected chi connectivity index (χ3v) is 2.99. The molecule has 0 heterocycles. The molecule has 0 spiro atoms. The first-order valence-corrected chi connectivity index (χ1v) is 6.28. The maximum absolute atomic E-state index is 11.2. The summed E-state index contributed by atoms with van der Waals surface area (Å²) in [7, 11) is 0. The summed E-state index contributed by atoms with van der Waals surface area (Å²) in [4.78, 5) is 33.2. The van der Waals surface area contributed by atoms with E-state index in [0.717, 1.165) is 0 Å². The van der Waals surface area contributed by atoms with Crippen molar-refractivity contribution in [2.75, 3.05) is 0 Å². The standard InChI is InChI=1S/C15H17NO5.2Na/c1-8(2)12(15(20)21)11(14(18)19)7-9-3-5-10(6-4-9)13(16)17;;/h3-6,8H,7H2,1-2H3,(H2,16,17)(H,18,19)(H,20,21);;/q;2*+1/p-2. The Morgan fingerprint density at radius 2 is 1.48 bits per heavy atom. The number of aliphatic carboxylic acids is 2. The summed E-state index contributed by atoms with van der Waals surface area (Å²) in [6, 6.07) is 5.91. The molecule has 0 unspecified atom stereocenters. The number of benzene rings is 1. The van der Waals surface area contributed by atoms with E-state index in [1.54, 1.807) is 13.8 Å². The first-order chi connectivity index (χ1) is 9.73. The molecule has 0 aliphatic carbocycles. The summed E-state index contributed by atoms with van der Waals surface area (Å²) >= 11 is 0. The van der Waals surface area contributed by atoms with E-state index in [9.17, 15) is 24.6 Å². The molecule has 0 aromatic heterocycles. The Kier molecular flexibility index (Phi) is 11.8. The second-order valence-electron chi connectivity index (χ2n) is 4.86. The van der Waals surface area contributed by atoms with E-state index in [1.165, 1.54) is 24.3 Å². The van der Waals surface area contributed by atoms with Crippen LogP contribution in [0.15, 0.2) is 35.4 Å². The van der Waals surface area contributed by atoms with Gasteiger partial charge in [0.1, 0.15) is 0 Å². The van der Waals surface area contributed by atoms with Gasteiger partial charge in [-0.05, 0) is 41.2 Å². The van der Waals surface area contributed by atoms with Crippen molar-refractivity contribution in [3.8, 4) is 0 Å². The van der Waals surface area contributed by atoms with Crippen molar-refractivity contribution in [2.24, 2.45) is 11.7 Å². The molecule has 0 radical (unpaired) electrons. The third-order valence-electron chi connectivity index (χ3n) is 2.99. The fraction of sp³-hybridized carbons (Fsp3) is 0.267. The van der Waals surface area contributed by atoms with Gasteiger partial charge in [-0.25, -0.2) is 0 Å². The van der Waals surface area contributed by atoms with Crippen molar-refractivity contribution in [1.29, 1.82) is 0 Å². The molecule has 0 aliphatic rings. The smallest absolute Gasteiger partial charge is 0.545 e. The predicted molar refractivity (Wildman–Crippen MR) is 70.5 cm³/mol. The second kappa shape index (κ2) is 11.0. The van der Waals surface area contributed by atoms with Gasteiger partial charge < -0.3 is 25.5 Å². The Morgan fingerprint density at radius 3 is 1.78 bits per heavy atom. The van der Waals surface area contributed by atoms with E-state index >= 15 is 0 Å². The van der Waals surface area contributed by atoms with Gasteiger partial charge in [-0.1, -0.05) is 26.0 Å². The average Bonchev–Trinajstić information content (AvgIpc) is 2.37. The van der Waals surface area contributed by atoms with Gasteiger partial charge in [0.25, 0.3) is 0 Å². The molecule has 1 aromatic carbocycles. The van der Waals surface area contributed by atoms with Crippen molar-refractivity contribution in [1.82, 2.24) is 0 Å². The van der Waals surface area contributed by atoms with Crippen LogP contribution in [0.4, 0.5) is 0 Å². The summed E-state index contributed by atoms with van der Waals surface area (Å²) in [5.74, 6) is -4.21. The molecule has 0 atom stereocenters. The monoisotopic (exact) mass is 335 g/mol. The number of primary amides is 1. The van der Waals surface area contributed by atoms with Crippen LogP contribution in [-0.4, -0.2) is 17.8 Å². The molecule has 0 bridgehead atoms. The number of carboxylic acids is 2. The summed E-state index contributed by atoms with van der Waals surface area (Å²) in [6.45, 7) is 3.12. The van der Waals surface area contributed by atoms with Crippen LogP contribution >= 0.6 is 0 Å². The zero-order chi connectivity index (χ0) is 16.2. The minimum Gasteiger partial charge on any atom is -0.545 e. The van der Waals surface area contributed by atoms with Gasteiger partial charge in [0.2, 0.25) is 5.91 Å². The second-order valence-corrected chi connectivity index (χ2v) is 4.86. The van der Waals surface area contributed by atoms with Crippen LogP contribution in [0.1, 0.15) is 29.8 Å². The molecular formula is C15H15NNa2O5. The van der Waals surface area contributed by atoms with E-state index in [4.69, 9.17) is 5.73 Å². The van der Waals surface area contributed by atoms with E-state index in [-0.39, 0.29) is 82.2 Å². The van der Waals surface area contributed by atoms with Crippen molar-refractivity contribution in [3.05, 3.63) is 46.5 Å². The summed E-state index contributed by atoms with van der Waals surface area (Å²) in [6.07, 6.45) is -0.136. The SMILES string of the molecule is CC(C)C(C(=O)[O-])=C(Cc1ccc(C(N)=O)cc1)C(=O)[O-].[Na+].[Na+]. The van der Waals surface area contributed by atoms with E-state index in [2.05, 4.69) is 0 Å². The Hall–Kier alpha value is -0.630. The van der Waals surface area contributed by atoms with E-state index in [1.807, 2.05) is 0 Å². The first-order valence-electron chi connectivity index (χ1n) is 6.28. The molecule has 23 heavy (non-hydrogen) atoms. The largest absolute Gasteiger partial charge is 1.00 e. The van der Waals surface area contributed by atoms with Gasteiger partial charge in [-0.15, -0.1) is 0 Å². The Labute approximate surface area is 178 Å². The maximum atomic E-state index is 11.2. The molecule has 1 rings (SSSR count). The van der Waals surface area contributed by atoms with Crippen LogP contribution < -0.4 is 75.1 Å². The number of carbonyl (C=O) groups is 3. The molecular weight excluding hydrogens is 320 g/mol. The van der Waals surface area contributed by atoms with E-state index in [0.29, 0.717) is 5.56 Å². The van der Waals surface area contributed by atoms with Crippen LogP contribution in [0.3, 0.4) is 0 Å². The van der Waals surface area contributed by atoms with Crippen LogP contribution in [0.2, 0.25) is 0 Å². The van der Waals surface area contributed by atoms with Gasteiger partial charge in [-0.3, -0.25) is 4.79 Å². The van der Waals surface area contributed by atoms with Crippen LogP contribution in [0.5, 0.6) is 0 Å². The number of rotatable bonds is 6. The van der Waals surface area contributed by atoms with Gasteiger partial charge in [0.15, 0.2) is 0 Å². The molecule has 112 valence electrons. The molecule has 1 amide bonds. The molecule has 0 saturated heterocycles.